The SMILES string of the molecule is CCOC(=O)c1sc(Cc2ccc(Br)cc2)nc1C(F)(F)F. The minimum absolute atomic E-state index is 0.01000. The maximum absolute atomic E-state index is 13.0. The van der Waals surface area contributed by atoms with Crippen LogP contribution < -0.4 is 0 Å². The van der Waals surface area contributed by atoms with Gasteiger partial charge in [0, 0.05) is 10.9 Å². The number of halogens is 4. The first kappa shape index (κ1) is 17.0. The smallest absolute Gasteiger partial charge is 0.435 e. The molecule has 2 rings (SSSR count). The fraction of sp³-hybridized carbons (Fsp3) is 0.286. The van der Waals surface area contributed by atoms with Crippen molar-refractivity contribution in [3.8, 4) is 0 Å². The number of carbonyl (C=O) groups is 1. The molecule has 1 heterocycles. The molecule has 0 aliphatic heterocycles. The number of rotatable bonds is 4. The van der Waals surface area contributed by atoms with E-state index in [4.69, 9.17) is 0 Å². The Labute approximate surface area is 137 Å². The first-order valence-corrected chi connectivity index (χ1v) is 7.90. The summed E-state index contributed by atoms with van der Waals surface area (Å²) in [6, 6.07) is 7.14. The highest BCUT2D eigenvalue weighted by Crippen LogP contribution is 2.35. The average molecular weight is 394 g/mol. The van der Waals surface area contributed by atoms with Crippen LogP contribution in [0.25, 0.3) is 0 Å². The van der Waals surface area contributed by atoms with E-state index in [9.17, 15) is 18.0 Å². The third-order valence-corrected chi connectivity index (χ3v) is 4.23. The van der Waals surface area contributed by atoms with Gasteiger partial charge >= 0.3 is 12.1 Å². The van der Waals surface area contributed by atoms with Gasteiger partial charge in [0.1, 0.15) is 4.88 Å². The number of hydrogen-bond acceptors (Lipinski definition) is 4. The Morgan fingerprint density at radius 3 is 2.50 bits per heavy atom. The molecule has 0 aliphatic rings. The van der Waals surface area contributed by atoms with Gasteiger partial charge in [-0.05, 0) is 24.6 Å². The predicted molar refractivity (Wildman–Crippen MR) is 80.0 cm³/mol. The van der Waals surface area contributed by atoms with Gasteiger partial charge in [0.2, 0.25) is 0 Å². The Bertz CT molecular complexity index is 668. The topological polar surface area (TPSA) is 39.2 Å². The lowest BCUT2D eigenvalue weighted by atomic mass is 10.2. The molecule has 118 valence electrons. The van der Waals surface area contributed by atoms with E-state index in [1.165, 1.54) is 6.92 Å². The Morgan fingerprint density at radius 1 is 1.32 bits per heavy atom. The van der Waals surface area contributed by atoms with Crippen LogP contribution in [0.2, 0.25) is 0 Å². The van der Waals surface area contributed by atoms with Crippen LogP contribution in [0.5, 0.6) is 0 Å². The Hall–Kier alpha value is -1.41. The molecule has 1 aromatic heterocycles. The second kappa shape index (κ2) is 6.78. The molecule has 0 saturated carbocycles. The summed E-state index contributed by atoms with van der Waals surface area (Å²) in [6.45, 7) is 1.55. The van der Waals surface area contributed by atoms with Gasteiger partial charge in [-0.15, -0.1) is 11.3 Å². The number of ether oxygens (including phenoxy) is 1. The predicted octanol–water partition coefficient (Wildman–Crippen LogP) is 4.69. The maximum Gasteiger partial charge on any atom is 0.435 e. The van der Waals surface area contributed by atoms with E-state index in [-0.39, 0.29) is 18.0 Å². The summed E-state index contributed by atoms with van der Waals surface area (Å²) in [5, 5.41) is 0.220. The van der Waals surface area contributed by atoms with Crippen LogP contribution in [-0.4, -0.2) is 17.6 Å². The largest absolute Gasteiger partial charge is 0.462 e. The van der Waals surface area contributed by atoms with E-state index in [0.717, 1.165) is 10.0 Å². The first-order chi connectivity index (χ1) is 10.3. The summed E-state index contributed by atoms with van der Waals surface area (Å²) in [7, 11) is 0. The van der Waals surface area contributed by atoms with Crippen LogP contribution in [-0.2, 0) is 17.3 Å². The summed E-state index contributed by atoms with van der Waals surface area (Å²) < 4.78 is 44.5. The van der Waals surface area contributed by atoms with Crippen molar-refractivity contribution in [2.75, 3.05) is 6.61 Å². The van der Waals surface area contributed by atoms with Crippen molar-refractivity contribution in [3.63, 3.8) is 0 Å². The highest BCUT2D eigenvalue weighted by atomic mass is 79.9. The quantitative estimate of drug-likeness (QED) is 0.707. The number of benzene rings is 1. The van der Waals surface area contributed by atoms with E-state index in [1.54, 1.807) is 24.3 Å². The molecule has 0 saturated heterocycles. The van der Waals surface area contributed by atoms with Gasteiger partial charge < -0.3 is 4.74 Å². The number of carbonyl (C=O) groups excluding carboxylic acids is 1. The summed E-state index contributed by atoms with van der Waals surface area (Å²) in [4.78, 5) is 14.7. The average Bonchev–Trinajstić information content (AvgIpc) is 2.86. The van der Waals surface area contributed by atoms with E-state index < -0.39 is 22.7 Å². The highest BCUT2D eigenvalue weighted by molar-refractivity contribution is 9.10. The third-order valence-electron chi connectivity index (χ3n) is 2.67. The van der Waals surface area contributed by atoms with Gasteiger partial charge in [0.25, 0.3) is 0 Å². The van der Waals surface area contributed by atoms with Crippen molar-refractivity contribution in [1.29, 1.82) is 0 Å². The molecule has 0 aliphatic carbocycles. The maximum atomic E-state index is 13.0. The number of esters is 1. The number of alkyl halides is 3. The molecule has 0 radical (unpaired) electrons. The Kier molecular flexibility index (Phi) is 5.23. The Balaban J connectivity index is 2.33. The van der Waals surface area contributed by atoms with E-state index >= 15 is 0 Å². The van der Waals surface area contributed by atoms with Crippen molar-refractivity contribution < 1.29 is 22.7 Å². The highest BCUT2D eigenvalue weighted by Gasteiger charge is 2.40. The standard InChI is InChI=1S/C14H11BrF3NO2S/c1-2-21-13(20)11-12(14(16,17)18)19-10(22-11)7-8-3-5-9(15)6-4-8/h3-6H,2,7H2,1H3. The summed E-state index contributed by atoms with van der Waals surface area (Å²) in [5.74, 6) is -0.991. The van der Waals surface area contributed by atoms with Crippen molar-refractivity contribution in [3.05, 3.63) is 49.9 Å². The van der Waals surface area contributed by atoms with Crippen LogP contribution in [0, 0.1) is 0 Å². The fourth-order valence-corrected chi connectivity index (χ4v) is 3.02. The zero-order chi connectivity index (χ0) is 16.3. The number of nitrogens with zero attached hydrogens (tertiary/aromatic N) is 1. The molecule has 0 atom stereocenters. The van der Waals surface area contributed by atoms with Crippen LogP contribution in [0.4, 0.5) is 13.2 Å². The molecule has 0 fully saturated rings. The molecule has 0 N–H and O–H groups in total. The zero-order valence-corrected chi connectivity index (χ0v) is 13.8. The lowest BCUT2D eigenvalue weighted by Crippen LogP contribution is -2.13. The second-order valence-corrected chi connectivity index (χ2v) is 6.31. The molecule has 22 heavy (non-hydrogen) atoms. The van der Waals surface area contributed by atoms with Crippen molar-refractivity contribution in [2.45, 2.75) is 19.5 Å². The van der Waals surface area contributed by atoms with Crippen LogP contribution in [0.3, 0.4) is 0 Å². The number of hydrogen-bond donors (Lipinski definition) is 0. The summed E-state index contributed by atoms with van der Waals surface area (Å²) in [5.41, 5.74) is -0.371. The van der Waals surface area contributed by atoms with Gasteiger partial charge in [0.15, 0.2) is 5.69 Å². The van der Waals surface area contributed by atoms with Gasteiger partial charge in [-0.2, -0.15) is 13.2 Å². The second-order valence-electron chi connectivity index (χ2n) is 4.31. The minimum atomic E-state index is -4.68. The Morgan fingerprint density at radius 2 is 1.95 bits per heavy atom. The number of aromatic nitrogens is 1. The molecule has 1 aromatic carbocycles. The molecule has 2 aromatic rings. The normalized spacial score (nSPS) is 11.5. The molecule has 0 unspecified atom stereocenters. The zero-order valence-electron chi connectivity index (χ0n) is 11.4. The van der Waals surface area contributed by atoms with Gasteiger partial charge in [0.05, 0.1) is 11.6 Å². The lowest BCUT2D eigenvalue weighted by molar-refractivity contribution is -0.141. The molecule has 0 amide bonds. The van der Waals surface area contributed by atoms with E-state index in [0.29, 0.717) is 11.3 Å². The van der Waals surface area contributed by atoms with E-state index in [1.807, 2.05) is 0 Å². The third kappa shape index (κ3) is 4.07. The van der Waals surface area contributed by atoms with Gasteiger partial charge in [-0.3, -0.25) is 0 Å². The summed E-state index contributed by atoms with van der Waals surface area (Å²) >= 11 is 4.00. The van der Waals surface area contributed by atoms with Crippen molar-refractivity contribution in [2.24, 2.45) is 0 Å². The minimum Gasteiger partial charge on any atom is -0.462 e. The monoisotopic (exact) mass is 393 g/mol. The van der Waals surface area contributed by atoms with Crippen LogP contribution in [0.1, 0.15) is 32.9 Å². The molecule has 0 bridgehead atoms. The first-order valence-electron chi connectivity index (χ1n) is 6.29. The van der Waals surface area contributed by atoms with Gasteiger partial charge in [-0.1, -0.05) is 28.1 Å². The van der Waals surface area contributed by atoms with Crippen molar-refractivity contribution >= 4 is 33.2 Å². The van der Waals surface area contributed by atoms with E-state index in [2.05, 4.69) is 25.7 Å². The van der Waals surface area contributed by atoms with Gasteiger partial charge in [-0.25, -0.2) is 9.78 Å². The molecule has 3 nitrogen and oxygen atoms in total. The molecule has 8 heteroatoms. The van der Waals surface area contributed by atoms with Crippen molar-refractivity contribution in [1.82, 2.24) is 4.98 Å². The number of thiazole rings is 1. The fourth-order valence-electron chi connectivity index (χ4n) is 1.74. The summed E-state index contributed by atoms with van der Waals surface area (Å²) in [6.07, 6.45) is -4.46. The molecular weight excluding hydrogens is 383 g/mol. The molecular formula is C14H11BrF3NO2S. The van der Waals surface area contributed by atoms with Crippen LogP contribution >= 0.6 is 27.3 Å². The lowest BCUT2D eigenvalue weighted by Gasteiger charge is -2.05. The molecule has 0 spiro atoms. The van der Waals surface area contributed by atoms with Crippen LogP contribution in [0.15, 0.2) is 28.7 Å².